The predicted octanol–water partition coefficient (Wildman–Crippen LogP) is 3.41. The van der Waals surface area contributed by atoms with Crippen molar-refractivity contribution in [2.45, 2.75) is 25.6 Å². The standard InChI is InChI=1S/C12H10Cl2F2N4/c1-2-20(7-3-6(7)15)11-5-4-17-10(13)8(16)9(5)18-12(14)19-11/h4,6-7H,2-3H2,1H3/t6-,7-/m1/s1. The number of pyridine rings is 1. The fourth-order valence-electron chi connectivity index (χ4n) is 2.23. The minimum atomic E-state index is -0.899. The van der Waals surface area contributed by atoms with E-state index >= 15 is 0 Å². The van der Waals surface area contributed by atoms with Gasteiger partial charge in [-0.3, -0.25) is 0 Å². The van der Waals surface area contributed by atoms with Gasteiger partial charge in [0, 0.05) is 19.2 Å². The number of alkyl halides is 1. The highest BCUT2D eigenvalue weighted by atomic mass is 35.5. The number of anilines is 1. The average molecular weight is 319 g/mol. The molecule has 1 saturated carbocycles. The maximum absolute atomic E-state index is 14.0. The van der Waals surface area contributed by atoms with Gasteiger partial charge in [-0.25, -0.2) is 18.7 Å². The van der Waals surface area contributed by atoms with E-state index in [1.54, 1.807) is 4.90 Å². The van der Waals surface area contributed by atoms with Gasteiger partial charge in [-0.05, 0) is 18.5 Å². The Kier molecular flexibility index (Phi) is 3.38. The molecule has 0 spiro atoms. The van der Waals surface area contributed by atoms with E-state index in [4.69, 9.17) is 23.2 Å². The Morgan fingerprint density at radius 3 is 2.70 bits per heavy atom. The van der Waals surface area contributed by atoms with E-state index in [0.29, 0.717) is 24.2 Å². The first kappa shape index (κ1) is 13.7. The van der Waals surface area contributed by atoms with Crippen LogP contribution in [0.4, 0.5) is 14.6 Å². The normalized spacial score (nSPS) is 21.2. The average Bonchev–Trinajstić information content (AvgIpc) is 3.12. The Balaban J connectivity index is 2.22. The van der Waals surface area contributed by atoms with Crippen LogP contribution in [0.15, 0.2) is 6.20 Å². The second kappa shape index (κ2) is 4.93. The molecule has 8 heteroatoms. The summed E-state index contributed by atoms with van der Waals surface area (Å²) in [5.41, 5.74) is -0.00509. The summed E-state index contributed by atoms with van der Waals surface area (Å²) in [6, 6.07) is -0.257. The fraction of sp³-hybridized carbons (Fsp3) is 0.417. The van der Waals surface area contributed by atoms with Crippen LogP contribution in [0, 0.1) is 5.82 Å². The first-order chi connectivity index (χ1) is 9.52. The minimum absolute atomic E-state index is 0.00509. The SMILES string of the molecule is CCN(c1nc(Cl)nc2c(F)c(Cl)ncc12)[C@@H]1C[C@H]1F. The van der Waals surface area contributed by atoms with Gasteiger partial charge in [0.1, 0.15) is 17.5 Å². The molecule has 0 aliphatic heterocycles. The summed E-state index contributed by atoms with van der Waals surface area (Å²) in [6.07, 6.45) is 0.911. The van der Waals surface area contributed by atoms with Crippen LogP contribution >= 0.6 is 23.2 Å². The van der Waals surface area contributed by atoms with Crippen LogP contribution in [0.1, 0.15) is 13.3 Å². The van der Waals surface area contributed by atoms with Gasteiger partial charge in [0.05, 0.1) is 11.4 Å². The van der Waals surface area contributed by atoms with Gasteiger partial charge in [0.15, 0.2) is 11.0 Å². The highest BCUT2D eigenvalue weighted by molar-refractivity contribution is 6.30. The molecular weight excluding hydrogens is 309 g/mol. The number of rotatable bonds is 3. The van der Waals surface area contributed by atoms with Crippen molar-refractivity contribution in [3.05, 3.63) is 22.5 Å². The Labute approximate surface area is 123 Å². The monoisotopic (exact) mass is 318 g/mol. The molecule has 2 atom stereocenters. The molecule has 2 aromatic heterocycles. The lowest BCUT2D eigenvalue weighted by Gasteiger charge is -2.22. The van der Waals surface area contributed by atoms with Crippen molar-refractivity contribution < 1.29 is 8.78 Å². The predicted molar refractivity (Wildman–Crippen MR) is 73.6 cm³/mol. The van der Waals surface area contributed by atoms with Crippen LogP contribution < -0.4 is 4.90 Å². The van der Waals surface area contributed by atoms with E-state index < -0.39 is 12.0 Å². The molecule has 4 nitrogen and oxygen atoms in total. The zero-order valence-electron chi connectivity index (χ0n) is 10.4. The molecule has 106 valence electrons. The number of hydrogen-bond acceptors (Lipinski definition) is 4. The number of nitrogens with zero attached hydrogens (tertiary/aromatic N) is 4. The molecule has 3 rings (SSSR count). The van der Waals surface area contributed by atoms with Crippen molar-refractivity contribution in [1.82, 2.24) is 15.0 Å². The van der Waals surface area contributed by atoms with E-state index in [-0.39, 0.29) is 22.0 Å². The number of aromatic nitrogens is 3. The minimum Gasteiger partial charge on any atom is -0.350 e. The van der Waals surface area contributed by atoms with E-state index in [2.05, 4.69) is 15.0 Å². The Bertz CT molecular complexity index is 682. The summed E-state index contributed by atoms with van der Waals surface area (Å²) in [7, 11) is 0. The highest BCUT2D eigenvalue weighted by Crippen LogP contribution is 2.37. The summed E-state index contributed by atoms with van der Waals surface area (Å²) in [5.74, 6) is -0.367. The molecule has 0 unspecified atom stereocenters. The van der Waals surface area contributed by atoms with Gasteiger partial charge in [-0.2, -0.15) is 4.98 Å². The molecule has 0 N–H and O–H groups in total. The second-order valence-corrected chi connectivity index (χ2v) is 5.24. The Morgan fingerprint density at radius 1 is 1.40 bits per heavy atom. The molecule has 0 radical (unpaired) electrons. The molecule has 0 saturated heterocycles. The smallest absolute Gasteiger partial charge is 0.225 e. The quantitative estimate of drug-likeness (QED) is 0.642. The molecule has 1 fully saturated rings. The fourth-order valence-corrected chi connectivity index (χ4v) is 2.53. The maximum Gasteiger partial charge on any atom is 0.225 e. The first-order valence-corrected chi connectivity index (χ1v) is 6.86. The van der Waals surface area contributed by atoms with Crippen LogP contribution in [-0.2, 0) is 0 Å². The molecular formula is C12H10Cl2F2N4. The number of halogens is 4. The third-order valence-corrected chi connectivity index (χ3v) is 3.72. The summed E-state index contributed by atoms with van der Waals surface area (Å²) in [6.45, 7) is 2.39. The van der Waals surface area contributed by atoms with Crippen molar-refractivity contribution in [2.24, 2.45) is 0 Å². The van der Waals surface area contributed by atoms with Crippen molar-refractivity contribution in [2.75, 3.05) is 11.4 Å². The van der Waals surface area contributed by atoms with Crippen LogP contribution in [0.2, 0.25) is 10.4 Å². The van der Waals surface area contributed by atoms with Crippen LogP contribution in [0.25, 0.3) is 10.9 Å². The summed E-state index contributed by atoms with van der Waals surface area (Å²) in [4.78, 5) is 13.5. The zero-order chi connectivity index (χ0) is 14.4. The lowest BCUT2D eigenvalue weighted by atomic mass is 10.2. The van der Waals surface area contributed by atoms with Crippen LogP contribution in [0.5, 0.6) is 0 Å². The van der Waals surface area contributed by atoms with Gasteiger partial charge in [0.2, 0.25) is 5.28 Å². The van der Waals surface area contributed by atoms with E-state index in [9.17, 15) is 8.78 Å². The van der Waals surface area contributed by atoms with Gasteiger partial charge in [0.25, 0.3) is 0 Å². The Morgan fingerprint density at radius 2 is 2.10 bits per heavy atom. The molecule has 0 amide bonds. The summed E-state index contributed by atoms with van der Waals surface area (Å²) >= 11 is 11.5. The molecule has 0 bridgehead atoms. The Hall–Kier alpha value is -1.27. The van der Waals surface area contributed by atoms with Crippen molar-refractivity contribution in [1.29, 1.82) is 0 Å². The van der Waals surface area contributed by atoms with Gasteiger partial charge in [-0.15, -0.1) is 0 Å². The molecule has 2 heterocycles. The lowest BCUT2D eigenvalue weighted by Crippen LogP contribution is -2.28. The molecule has 0 aromatic carbocycles. The zero-order valence-corrected chi connectivity index (χ0v) is 12.0. The van der Waals surface area contributed by atoms with E-state index in [1.807, 2.05) is 6.92 Å². The number of hydrogen-bond donors (Lipinski definition) is 0. The molecule has 20 heavy (non-hydrogen) atoms. The van der Waals surface area contributed by atoms with Crippen molar-refractivity contribution in [3.63, 3.8) is 0 Å². The summed E-state index contributed by atoms with van der Waals surface area (Å²) in [5, 5.41) is -0.0171. The molecule has 2 aromatic rings. The third-order valence-electron chi connectivity index (χ3n) is 3.29. The van der Waals surface area contributed by atoms with Crippen LogP contribution in [-0.4, -0.2) is 33.7 Å². The topological polar surface area (TPSA) is 41.9 Å². The van der Waals surface area contributed by atoms with Gasteiger partial charge >= 0.3 is 0 Å². The first-order valence-electron chi connectivity index (χ1n) is 6.11. The van der Waals surface area contributed by atoms with Gasteiger partial charge in [-0.1, -0.05) is 11.6 Å². The van der Waals surface area contributed by atoms with Gasteiger partial charge < -0.3 is 4.90 Å². The lowest BCUT2D eigenvalue weighted by molar-refractivity contribution is 0.461. The number of fused-ring (bicyclic) bond motifs is 1. The van der Waals surface area contributed by atoms with Crippen molar-refractivity contribution >= 4 is 39.9 Å². The maximum atomic E-state index is 14.0. The van der Waals surface area contributed by atoms with Crippen LogP contribution in [0.3, 0.4) is 0 Å². The second-order valence-electron chi connectivity index (χ2n) is 4.55. The molecule has 1 aliphatic rings. The third kappa shape index (κ3) is 2.16. The van der Waals surface area contributed by atoms with E-state index in [1.165, 1.54) is 6.20 Å². The van der Waals surface area contributed by atoms with E-state index in [0.717, 1.165) is 0 Å². The molecule has 1 aliphatic carbocycles. The largest absolute Gasteiger partial charge is 0.350 e. The summed E-state index contributed by atoms with van der Waals surface area (Å²) < 4.78 is 27.3. The van der Waals surface area contributed by atoms with Crippen molar-refractivity contribution in [3.8, 4) is 0 Å². The highest BCUT2D eigenvalue weighted by Gasteiger charge is 2.43.